The lowest BCUT2D eigenvalue weighted by atomic mass is 9.28. The molecule has 8 bridgehead atoms. The summed E-state index contributed by atoms with van der Waals surface area (Å²) in [6, 6.07) is 22.9. The Kier molecular flexibility index (Phi) is 9.54. The zero-order chi connectivity index (χ0) is 38.8. The Hall–Kier alpha value is -3.90. The van der Waals surface area contributed by atoms with Crippen molar-refractivity contribution in [2.24, 2.45) is 28.6 Å². The molecule has 11 rings (SSSR count). The van der Waals surface area contributed by atoms with Crippen molar-refractivity contribution in [2.75, 3.05) is 0 Å². The molecule has 0 heterocycles. The van der Waals surface area contributed by atoms with E-state index in [4.69, 9.17) is 0 Å². The Bertz CT molecular complexity index is 1980. The molecule has 0 saturated heterocycles. The van der Waals surface area contributed by atoms with Crippen LogP contribution in [0.2, 0.25) is 0 Å². The molecule has 8 aliphatic carbocycles. The third-order valence-electron chi connectivity index (χ3n) is 16.2. The molecule has 0 aromatic heterocycles. The fraction of sp³-hybridized carbons (Fsp3) is 0.464. The van der Waals surface area contributed by atoms with Gasteiger partial charge in [-0.15, -0.1) is 0 Å². The Morgan fingerprint density at radius 2 is 0.643 bits per heavy atom. The third-order valence-corrected chi connectivity index (χ3v) is 16.2. The number of hydrogen-bond acceptors (Lipinski definition) is 0. The minimum absolute atomic E-state index is 0.187. The van der Waals surface area contributed by atoms with Crippen molar-refractivity contribution in [1.29, 1.82) is 0 Å². The zero-order valence-corrected chi connectivity index (χ0v) is 35.3. The van der Waals surface area contributed by atoms with Crippen molar-refractivity contribution < 1.29 is 0 Å². The molecule has 4 atom stereocenters. The lowest BCUT2D eigenvalue weighted by molar-refractivity contribution is -0.218. The van der Waals surface area contributed by atoms with Crippen molar-refractivity contribution in [3.05, 3.63) is 141 Å². The first kappa shape index (κ1) is 37.7. The van der Waals surface area contributed by atoms with Gasteiger partial charge < -0.3 is 0 Å². The van der Waals surface area contributed by atoms with Crippen LogP contribution in [0.25, 0.3) is 36.5 Å². The number of benzene rings is 3. The highest BCUT2D eigenvalue weighted by Gasteiger charge is 2.72. The van der Waals surface area contributed by atoms with E-state index in [0.29, 0.717) is 10.8 Å². The summed E-state index contributed by atoms with van der Waals surface area (Å²) in [6.45, 7) is 13.0. The van der Waals surface area contributed by atoms with Crippen LogP contribution >= 0.6 is 0 Å². The average Bonchev–Trinajstić information content (AvgIpc) is 3.14. The first-order valence-electron chi connectivity index (χ1n) is 22.4. The van der Waals surface area contributed by atoms with Crippen LogP contribution in [0.5, 0.6) is 0 Å². The highest BCUT2D eigenvalue weighted by atomic mass is 14.8. The van der Waals surface area contributed by atoms with Crippen LogP contribution in [-0.4, -0.2) is 0 Å². The van der Waals surface area contributed by atoms with Crippen LogP contribution < -0.4 is 0 Å². The second kappa shape index (κ2) is 14.2. The quantitative estimate of drug-likeness (QED) is 0.194. The van der Waals surface area contributed by atoms with E-state index >= 15 is 0 Å². The minimum Gasteiger partial charge on any atom is -0.0871 e. The molecule has 4 unspecified atom stereocenters. The second-order valence-corrected chi connectivity index (χ2v) is 20.0. The van der Waals surface area contributed by atoms with Gasteiger partial charge in [0.05, 0.1) is 0 Å². The van der Waals surface area contributed by atoms with Crippen LogP contribution in [-0.2, 0) is 16.2 Å². The molecule has 56 heavy (non-hydrogen) atoms. The maximum atomic E-state index is 2.62. The maximum Gasteiger partial charge on any atom is -0.00299 e. The fourth-order valence-electron chi connectivity index (χ4n) is 15.6. The van der Waals surface area contributed by atoms with Crippen molar-refractivity contribution in [3.63, 3.8) is 0 Å². The Morgan fingerprint density at radius 1 is 0.339 bits per heavy atom. The smallest absolute Gasteiger partial charge is 0.00299 e. The fourth-order valence-corrected chi connectivity index (χ4v) is 15.6. The van der Waals surface area contributed by atoms with E-state index in [9.17, 15) is 0 Å². The Balaban J connectivity index is 1.24. The van der Waals surface area contributed by atoms with Crippen LogP contribution in [0.3, 0.4) is 0 Å². The van der Waals surface area contributed by atoms with Gasteiger partial charge in [-0.3, -0.25) is 0 Å². The average molecular weight is 739 g/mol. The van der Waals surface area contributed by atoms with Gasteiger partial charge in [-0.1, -0.05) is 109 Å². The molecule has 8 saturated carbocycles. The summed E-state index contributed by atoms with van der Waals surface area (Å²) >= 11 is 0. The summed E-state index contributed by atoms with van der Waals surface area (Å²) in [5, 5.41) is 0. The normalized spacial score (nSPS) is 36.0. The molecule has 0 aliphatic heterocycles. The molecule has 8 aliphatic rings. The second-order valence-electron chi connectivity index (χ2n) is 20.0. The SMILES string of the molecule is CC=Cc1cc(C=CC)cc(C23CC4CC(C2)CC(C25CC6CC(c7cc(C=CC)cc(C=CC)c7)(CC(c7cc(C=CC)cc(C=CC)c7)(C6)C2)C5)(C4)C3)c1. The standard InChI is InChI=1S/C56H66/c1-7-13-40-19-41(14-8-2)24-49(23-40)52-29-46-22-47(30-52)34-55(33-46,37-52)56-35-48-31-53(38-56,50-25-42(15-9-3)20-43(26-50)16-10-4)36-54(32-48,39-56)51-27-44(17-11-5)21-45(28-51)18-12-6/h7-21,23-28,46-48H,22,29-39H2,1-6H3. The van der Waals surface area contributed by atoms with Crippen LogP contribution in [0.15, 0.2) is 91.1 Å². The number of allylic oxidation sites excluding steroid dienone is 6. The number of rotatable bonds is 10. The Morgan fingerprint density at radius 3 is 1.00 bits per heavy atom. The molecular weight excluding hydrogens is 673 g/mol. The molecule has 3 aromatic rings. The summed E-state index contributed by atoms with van der Waals surface area (Å²) in [4.78, 5) is 0. The van der Waals surface area contributed by atoms with E-state index in [1.165, 1.54) is 110 Å². The van der Waals surface area contributed by atoms with Gasteiger partial charge in [0, 0.05) is 0 Å². The molecule has 0 N–H and O–H groups in total. The first-order valence-corrected chi connectivity index (χ1v) is 22.4. The Labute approximate surface area is 339 Å². The topological polar surface area (TPSA) is 0 Å². The van der Waals surface area contributed by atoms with Crippen LogP contribution in [0.4, 0.5) is 0 Å². The molecule has 0 amide bonds. The first-order chi connectivity index (χ1) is 27.1. The van der Waals surface area contributed by atoms with Crippen LogP contribution in [0, 0.1) is 28.6 Å². The van der Waals surface area contributed by atoms with Gasteiger partial charge in [0.15, 0.2) is 0 Å². The van der Waals surface area contributed by atoms with Gasteiger partial charge in [0.1, 0.15) is 0 Å². The highest BCUT2D eigenvalue weighted by molar-refractivity contribution is 5.64. The predicted octanol–water partition coefficient (Wildman–Crippen LogP) is 15.6. The number of hydrogen-bond donors (Lipinski definition) is 0. The monoisotopic (exact) mass is 739 g/mol. The molecular formula is C56H66. The molecule has 0 radical (unpaired) electrons. The van der Waals surface area contributed by atoms with Crippen molar-refractivity contribution in [3.8, 4) is 0 Å². The third kappa shape index (κ3) is 6.15. The van der Waals surface area contributed by atoms with Crippen molar-refractivity contribution in [1.82, 2.24) is 0 Å². The van der Waals surface area contributed by atoms with E-state index in [1.807, 2.05) is 0 Å². The molecule has 3 aromatic carbocycles. The van der Waals surface area contributed by atoms with E-state index < -0.39 is 0 Å². The maximum absolute atomic E-state index is 2.62. The predicted molar refractivity (Wildman–Crippen MR) is 243 cm³/mol. The molecule has 8 fully saturated rings. The molecule has 0 heteroatoms. The van der Waals surface area contributed by atoms with Gasteiger partial charge in [0.2, 0.25) is 0 Å². The highest BCUT2D eigenvalue weighted by Crippen LogP contribution is 2.81. The van der Waals surface area contributed by atoms with Crippen molar-refractivity contribution >= 4 is 36.5 Å². The van der Waals surface area contributed by atoms with Crippen LogP contribution in [0.1, 0.15) is 169 Å². The van der Waals surface area contributed by atoms with E-state index in [1.54, 1.807) is 16.7 Å². The summed E-state index contributed by atoms with van der Waals surface area (Å²) in [6.07, 6.45) is 44.2. The van der Waals surface area contributed by atoms with E-state index in [-0.39, 0.29) is 16.2 Å². The molecule has 0 nitrogen and oxygen atoms in total. The van der Waals surface area contributed by atoms with Gasteiger partial charge in [-0.25, -0.2) is 0 Å². The van der Waals surface area contributed by atoms with E-state index in [2.05, 4.69) is 169 Å². The molecule has 0 spiro atoms. The summed E-state index contributed by atoms with van der Waals surface area (Å²) in [5.41, 5.74) is 14.6. The largest absolute Gasteiger partial charge is 0.0871 e. The van der Waals surface area contributed by atoms with Gasteiger partial charge >= 0.3 is 0 Å². The lowest BCUT2D eigenvalue weighted by Crippen LogP contribution is -2.68. The summed E-state index contributed by atoms with van der Waals surface area (Å²) in [5.74, 6) is 2.47. The zero-order valence-electron chi connectivity index (χ0n) is 35.3. The van der Waals surface area contributed by atoms with Gasteiger partial charge in [0.25, 0.3) is 0 Å². The summed E-state index contributed by atoms with van der Waals surface area (Å²) in [7, 11) is 0. The summed E-state index contributed by atoms with van der Waals surface area (Å²) < 4.78 is 0. The molecule has 290 valence electrons. The van der Waals surface area contributed by atoms with Crippen molar-refractivity contribution in [2.45, 2.75) is 135 Å². The minimum atomic E-state index is 0.187. The van der Waals surface area contributed by atoms with Gasteiger partial charge in [-0.2, -0.15) is 0 Å². The van der Waals surface area contributed by atoms with E-state index in [0.717, 1.165) is 17.8 Å². The van der Waals surface area contributed by atoms with Gasteiger partial charge in [-0.05, 0) is 232 Å². The lowest BCUT2D eigenvalue weighted by Gasteiger charge is -2.76.